The predicted octanol–water partition coefficient (Wildman–Crippen LogP) is 3.00. The Morgan fingerprint density at radius 3 is 2.46 bits per heavy atom. The van der Waals surface area contributed by atoms with Crippen LogP contribution in [0.2, 0.25) is 5.02 Å². The molecule has 0 aromatic heterocycles. The van der Waals surface area contributed by atoms with Gasteiger partial charge in [0.15, 0.2) is 5.11 Å². The van der Waals surface area contributed by atoms with Crippen molar-refractivity contribution in [3.8, 4) is 0 Å². The molecule has 26 heavy (non-hydrogen) atoms. The average Bonchev–Trinajstić information content (AvgIpc) is 2.81. The van der Waals surface area contributed by atoms with Crippen LogP contribution in [0.15, 0.2) is 36.4 Å². The molecule has 1 aliphatic heterocycles. The number of carbonyl (C=O) groups is 3. The SMILES string of the molecule is Cc1ccc(C(=O)NC(=S)Nc2ccc3c(c2)C(=O)N(C)C3=O)cc1Cl. The Labute approximate surface area is 160 Å². The molecule has 0 saturated carbocycles. The smallest absolute Gasteiger partial charge is 0.261 e. The predicted molar refractivity (Wildman–Crippen MR) is 103 cm³/mol. The highest BCUT2D eigenvalue weighted by atomic mass is 35.5. The second-order valence-corrected chi connectivity index (χ2v) is 6.62. The highest BCUT2D eigenvalue weighted by Gasteiger charge is 2.32. The molecule has 1 heterocycles. The quantitative estimate of drug-likeness (QED) is 0.611. The number of thiocarbonyl (C=S) groups is 1. The van der Waals surface area contributed by atoms with E-state index in [4.69, 9.17) is 23.8 Å². The molecule has 0 aliphatic carbocycles. The first-order valence-electron chi connectivity index (χ1n) is 7.63. The molecule has 3 amide bonds. The molecule has 0 atom stereocenters. The molecule has 3 rings (SSSR count). The van der Waals surface area contributed by atoms with Crippen LogP contribution in [0, 0.1) is 6.92 Å². The van der Waals surface area contributed by atoms with Crippen LogP contribution < -0.4 is 10.6 Å². The lowest BCUT2D eigenvalue weighted by Crippen LogP contribution is -2.34. The summed E-state index contributed by atoms with van der Waals surface area (Å²) in [6.07, 6.45) is 0. The molecule has 132 valence electrons. The van der Waals surface area contributed by atoms with Gasteiger partial charge in [-0.1, -0.05) is 17.7 Å². The van der Waals surface area contributed by atoms with Crippen molar-refractivity contribution in [3.05, 3.63) is 63.7 Å². The van der Waals surface area contributed by atoms with Crippen molar-refractivity contribution in [2.75, 3.05) is 12.4 Å². The van der Waals surface area contributed by atoms with Crippen LogP contribution in [0.5, 0.6) is 0 Å². The van der Waals surface area contributed by atoms with Gasteiger partial charge in [0.1, 0.15) is 0 Å². The lowest BCUT2D eigenvalue weighted by molar-refractivity contribution is 0.0692. The summed E-state index contributed by atoms with van der Waals surface area (Å²) in [6.45, 7) is 1.84. The fraction of sp³-hybridized carbons (Fsp3) is 0.111. The van der Waals surface area contributed by atoms with Crippen molar-refractivity contribution in [1.82, 2.24) is 10.2 Å². The first kappa shape index (κ1) is 18.0. The topological polar surface area (TPSA) is 78.5 Å². The normalized spacial score (nSPS) is 12.8. The highest BCUT2D eigenvalue weighted by Crippen LogP contribution is 2.24. The Bertz CT molecular complexity index is 974. The van der Waals surface area contributed by atoms with Crippen molar-refractivity contribution in [2.24, 2.45) is 0 Å². The molecule has 0 fully saturated rings. The number of nitrogens with zero attached hydrogens (tertiary/aromatic N) is 1. The summed E-state index contributed by atoms with van der Waals surface area (Å²) < 4.78 is 0. The number of anilines is 1. The van der Waals surface area contributed by atoms with Crippen molar-refractivity contribution in [3.63, 3.8) is 0 Å². The summed E-state index contributed by atoms with van der Waals surface area (Å²) in [5, 5.41) is 5.94. The zero-order valence-electron chi connectivity index (χ0n) is 13.9. The molecule has 0 unspecified atom stereocenters. The summed E-state index contributed by atoms with van der Waals surface area (Å²) in [6, 6.07) is 9.64. The number of nitrogens with one attached hydrogen (secondary N) is 2. The Balaban J connectivity index is 1.71. The molecule has 2 aromatic rings. The Morgan fingerprint density at radius 2 is 1.77 bits per heavy atom. The average molecular weight is 388 g/mol. The fourth-order valence-electron chi connectivity index (χ4n) is 2.51. The van der Waals surface area contributed by atoms with Gasteiger partial charge < -0.3 is 5.32 Å². The number of amides is 3. The van der Waals surface area contributed by atoms with E-state index in [0.717, 1.165) is 10.5 Å². The van der Waals surface area contributed by atoms with E-state index in [1.807, 2.05) is 6.92 Å². The molecule has 0 saturated heterocycles. The molecular weight excluding hydrogens is 374 g/mol. The van der Waals surface area contributed by atoms with E-state index in [1.165, 1.54) is 13.1 Å². The summed E-state index contributed by atoms with van der Waals surface area (Å²) in [7, 11) is 1.43. The maximum Gasteiger partial charge on any atom is 0.261 e. The lowest BCUT2D eigenvalue weighted by atomic mass is 10.1. The minimum atomic E-state index is -0.406. The number of benzene rings is 2. The van der Waals surface area contributed by atoms with Crippen LogP contribution >= 0.6 is 23.8 Å². The number of imide groups is 1. The van der Waals surface area contributed by atoms with Gasteiger partial charge in [-0.2, -0.15) is 0 Å². The van der Waals surface area contributed by atoms with Crippen LogP contribution in [-0.4, -0.2) is 34.8 Å². The second kappa shape index (κ2) is 6.86. The van der Waals surface area contributed by atoms with E-state index in [-0.39, 0.29) is 16.9 Å². The minimum absolute atomic E-state index is 0.0665. The van der Waals surface area contributed by atoms with E-state index in [1.54, 1.807) is 30.3 Å². The number of rotatable bonds is 2. The Kier molecular flexibility index (Phi) is 4.76. The summed E-state index contributed by atoms with van der Waals surface area (Å²) >= 11 is 11.2. The van der Waals surface area contributed by atoms with E-state index in [0.29, 0.717) is 27.4 Å². The van der Waals surface area contributed by atoms with Gasteiger partial charge in [0.05, 0.1) is 11.1 Å². The third-order valence-electron chi connectivity index (χ3n) is 4.01. The zero-order chi connectivity index (χ0) is 19.0. The van der Waals surface area contributed by atoms with E-state index < -0.39 is 5.91 Å². The van der Waals surface area contributed by atoms with Crippen molar-refractivity contribution in [2.45, 2.75) is 6.92 Å². The van der Waals surface area contributed by atoms with Crippen LogP contribution in [-0.2, 0) is 0 Å². The van der Waals surface area contributed by atoms with Crippen LogP contribution in [0.1, 0.15) is 36.6 Å². The van der Waals surface area contributed by atoms with Gasteiger partial charge in [0.2, 0.25) is 0 Å². The van der Waals surface area contributed by atoms with E-state index in [9.17, 15) is 14.4 Å². The van der Waals surface area contributed by atoms with Crippen LogP contribution in [0.4, 0.5) is 5.69 Å². The molecule has 0 spiro atoms. The standard InChI is InChI=1S/C18H14ClN3O3S/c1-9-3-4-10(7-14(9)19)15(23)21-18(26)20-11-5-6-12-13(8-11)17(25)22(2)16(12)24/h3-8H,1-2H3,(H2,20,21,23,26). The molecule has 2 N–H and O–H groups in total. The van der Waals surface area contributed by atoms with Gasteiger partial charge in [0, 0.05) is 23.3 Å². The second-order valence-electron chi connectivity index (χ2n) is 5.80. The van der Waals surface area contributed by atoms with Gasteiger partial charge in [-0.15, -0.1) is 0 Å². The summed E-state index contributed by atoms with van der Waals surface area (Å²) in [5.74, 6) is -1.13. The van der Waals surface area contributed by atoms with Gasteiger partial charge in [0.25, 0.3) is 17.7 Å². The zero-order valence-corrected chi connectivity index (χ0v) is 15.5. The number of halogens is 1. The molecule has 0 bridgehead atoms. The Hall–Kier alpha value is -2.77. The van der Waals surface area contributed by atoms with Crippen LogP contribution in [0.3, 0.4) is 0 Å². The van der Waals surface area contributed by atoms with Crippen LogP contribution in [0.25, 0.3) is 0 Å². The van der Waals surface area contributed by atoms with Crippen molar-refractivity contribution < 1.29 is 14.4 Å². The number of aryl methyl sites for hydroxylation is 1. The van der Waals surface area contributed by atoms with Gasteiger partial charge in [-0.05, 0) is 55.0 Å². The van der Waals surface area contributed by atoms with E-state index in [2.05, 4.69) is 10.6 Å². The number of hydrogen-bond donors (Lipinski definition) is 2. The molecule has 2 aromatic carbocycles. The number of carbonyl (C=O) groups excluding carboxylic acids is 3. The Morgan fingerprint density at radius 1 is 1.08 bits per heavy atom. The first-order chi connectivity index (χ1) is 12.3. The fourth-order valence-corrected chi connectivity index (χ4v) is 2.90. The van der Waals surface area contributed by atoms with Gasteiger partial charge in [-0.25, -0.2) is 0 Å². The minimum Gasteiger partial charge on any atom is -0.332 e. The van der Waals surface area contributed by atoms with Gasteiger partial charge in [-0.3, -0.25) is 24.6 Å². The van der Waals surface area contributed by atoms with Crippen molar-refractivity contribution in [1.29, 1.82) is 0 Å². The highest BCUT2D eigenvalue weighted by molar-refractivity contribution is 7.80. The first-order valence-corrected chi connectivity index (χ1v) is 8.41. The molecular formula is C18H14ClN3O3S. The largest absolute Gasteiger partial charge is 0.332 e. The number of hydrogen-bond acceptors (Lipinski definition) is 4. The third kappa shape index (κ3) is 3.31. The lowest BCUT2D eigenvalue weighted by Gasteiger charge is -2.10. The summed E-state index contributed by atoms with van der Waals surface area (Å²) in [5.41, 5.74) is 2.37. The summed E-state index contributed by atoms with van der Waals surface area (Å²) in [4.78, 5) is 37.2. The molecule has 8 heteroatoms. The van der Waals surface area contributed by atoms with Crippen molar-refractivity contribution >= 4 is 52.3 Å². The van der Waals surface area contributed by atoms with Gasteiger partial charge >= 0.3 is 0 Å². The monoisotopic (exact) mass is 387 g/mol. The maximum absolute atomic E-state index is 12.2. The molecule has 6 nitrogen and oxygen atoms in total. The molecule has 0 radical (unpaired) electrons. The third-order valence-corrected chi connectivity index (χ3v) is 4.62. The van der Waals surface area contributed by atoms with E-state index >= 15 is 0 Å². The molecule has 1 aliphatic rings. The number of fused-ring (bicyclic) bond motifs is 1. The maximum atomic E-state index is 12.2.